The standard InChI is InChI=1S/C9H17NS/c1-5-8(6-7-11-10)9(2,3)4/h5-7H,10H2,1-4H3/b7-6-,8-5+. The Labute approximate surface area is 73.9 Å². The van der Waals surface area contributed by atoms with Gasteiger partial charge in [-0.25, -0.2) is 0 Å². The number of hydrogen-bond donors (Lipinski definition) is 1. The van der Waals surface area contributed by atoms with Gasteiger partial charge in [-0.05, 0) is 23.3 Å². The maximum absolute atomic E-state index is 5.28. The summed E-state index contributed by atoms with van der Waals surface area (Å²) in [5, 5.41) is 7.18. The second kappa shape index (κ2) is 4.62. The molecule has 0 rings (SSSR count). The van der Waals surface area contributed by atoms with Gasteiger partial charge in [0.2, 0.25) is 0 Å². The highest BCUT2D eigenvalue weighted by molar-refractivity contribution is 7.99. The van der Waals surface area contributed by atoms with Crippen LogP contribution >= 0.6 is 11.9 Å². The van der Waals surface area contributed by atoms with Gasteiger partial charge in [0.1, 0.15) is 0 Å². The zero-order valence-corrected chi connectivity index (χ0v) is 8.53. The van der Waals surface area contributed by atoms with Crippen LogP contribution < -0.4 is 5.14 Å². The molecule has 0 aliphatic rings. The van der Waals surface area contributed by atoms with Gasteiger partial charge in [0.25, 0.3) is 0 Å². The van der Waals surface area contributed by atoms with Crippen LogP contribution in [0.25, 0.3) is 0 Å². The number of allylic oxidation sites excluding steroid dienone is 3. The molecule has 0 fully saturated rings. The number of rotatable bonds is 2. The third-order valence-corrected chi connectivity index (χ3v) is 1.80. The molecule has 0 aromatic heterocycles. The summed E-state index contributed by atoms with van der Waals surface area (Å²) in [6.07, 6.45) is 4.18. The first kappa shape index (κ1) is 10.8. The predicted molar refractivity (Wildman–Crippen MR) is 54.1 cm³/mol. The van der Waals surface area contributed by atoms with Gasteiger partial charge < -0.3 is 0 Å². The van der Waals surface area contributed by atoms with E-state index < -0.39 is 0 Å². The Morgan fingerprint density at radius 1 is 1.36 bits per heavy atom. The maximum Gasteiger partial charge on any atom is -0.0135 e. The smallest absolute Gasteiger partial charge is 0.0135 e. The van der Waals surface area contributed by atoms with E-state index in [1.165, 1.54) is 17.5 Å². The molecule has 0 aromatic rings. The van der Waals surface area contributed by atoms with E-state index in [-0.39, 0.29) is 5.41 Å². The average molecular weight is 171 g/mol. The first-order chi connectivity index (χ1) is 5.02. The van der Waals surface area contributed by atoms with E-state index in [1.54, 1.807) is 0 Å². The molecule has 0 bridgehead atoms. The number of nitrogens with two attached hydrogens (primary N) is 1. The van der Waals surface area contributed by atoms with Crippen LogP contribution in [0.3, 0.4) is 0 Å². The summed E-state index contributed by atoms with van der Waals surface area (Å²) in [5.41, 5.74) is 1.54. The molecule has 0 aromatic carbocycles. The van der Waals surface area contributed by atoms with Crippen molar-refractivity contribution in [3.8, 4) is 0 Å². The molecule has 0 saturated heterocycles. The van der Waals surface area contributed by atoms with Gasteiger partial charge in [-0.3, -0.25) is 5.14 Å². The fourth-order valence-corrected chi connectivity index (χ4v) is 1.12. The molecule has 64 valence electrons. The summed E-state index contributed by atoms with van der Waals surface area (Å²) in [6, 6.07) is 0. The van der Waals surface area contributed by atoms with Crippen molar-refractivity contribution < 1.29 is 0 Å². The van der Waals surface area contributed by atoms with Crippen LogP contribution in [0.15, 0.2) is 23.1 Å². The molecule has 0 aliphatic heterocycles. The van der Waals surface area contributed by atoms with Crippen molar-refractivity contribution >= 4 is 11.9 Å². The molecule has 0 amide bonds. The zero-order chi connectivity index (χ0) is 8.91. The van der Waals surface area contributed by atoms with Crippen LogP contribution in [-0.2, 0) is 0 Å². The van der Waals surface area contributed by atoms with E-state index in [9.17, 15) is 0 Å². The highest BCUT2D eigenvalue weighted by atomic mass is 32.2. The quantitative estimate of drug-likeness (QED) is 0.510. The second-order valence-electron chi connectivity index (χ2n) is 3.43. The van der Waals surface area contributed by atoms with Crippen LogP contribution in [0.1, 0.15) is 27.7 Å². The largest absolute Gasteiger partial charge is 0.274 e. The van der Waals surface area contributed by atoms with Crippen molar-refractivity contribution in [2.24, 2.45) is 10.6 Å². The lowest BCUT2D eigenvalue weighted by molar-refractivity contribution is 0.516. The topological polar surface area (TPSA) is 26.0 Å². The van der Waals surface area contributed by atoms with Gasteiger partial charge >= 0.3 is 0 Å². The first-order valence-electron chi connectivity index (χ1n) is 3.71. The Kier molecular flexibility index (Phi) is 4.54. The van der Waals surface area contributed by atoms with Crippen LogP contribution in [0.4, 0.5) is 0 Å². The van der Waals surface area contributed by atoms with Gasteiger partial charge in [0.05, 0.1) is 0 Å². The SMILES string of the molecule is C/C=C(\C=C/SN)C(C)(C)C. The van der Waals surface area contributed by atoms with E-state index in [1.807, 2.05) is 12.3 Å². The van der Waals surface area contributed by atoms with E-state index in [4.69, 9.17) is 5.14 Å². The average Bonchev–Trinajstić information content (AvgIpc) is 1.87. The Balaban J connectivity index is 4.33. The van der Waals surface area contributed by atoms with Gasteiger partial charge in [-0.1, -0.05) is 44.9 Å². The lowest BCUT2D eigenvalue weighted by Gasteiger charge is -2.19. The van der Waals surface area contributed by atoms with E-state index >= 15 is 0 Å². The molecule has 1 nitrogen and oxygen atoms in total. The van der Waals surface area contributed by atoms with Gasteiger partial charge in [-0.2, -0.15) is 0 Å². The molecular formula is C9H17NS. The minimum Gasteiger partial charge on any atom is -0.274 e. The number of hydrogen-bond acceptors (Lipinski definition) is 2. The Hall–Kier alpha value is -0.210. The van der Waals surface area contributed by atoms with Crippen molar-refractivity contribution in [1.29, 1.82) is 0 Å². The molecule has 0 unspecified atom stereocenters. The minimum atomic E-state index is 0.223. The highest BCUT2D eigenvalue weighted by Crippen LogP contribution is 2.26. The molecule has 0 radical (unpaired) electrons. The van der Waals surface area contributed by atoms with Crippen LogP contribution in [0.2, 0.25) is 0 Å². The summed E-state index contributed by atoms with van der Waals surface area (Å²) in [6.45, 7) is 8.61. The van der Waals surface area contributed by atoms with Crippen molar-refractivity contribution in [2.75, 3.05) is 0 Å². The first-order valence-corrected chi connectivity index (χ1v) is 4.65. The summed E-state index contributed by atoms with van der Waals surface area (Å²) >= 11 is 1.24. The molecule has 0 aliphatic carbocycles. The summed E-state index contributed by atoms with van der Waals surface area (Å²) in [7, 11) is 0. The summed E-state index contributed by atoms with van der Waals surface area (Å²) < 4.78 is 0. The predicted octanol–water partition coefficient (Wildman–Crippen LogP) is 3.10. The Morgan fingerprint density at radius 3 is 2.18 bits per heavy atom. The molecule has 0 spiro atoms. The Morgan fingerprint density at radius 2 is 1.91 bits per heavy atom. The van der Waals surface area contributed by atoms with E-state index in [2.05, 4.69) is 32.9 Å². The fraction of sp³-hybridized carbons (Fsp3) is 0.556. The monoisotopic (exact) mass is 171 g/mol. The maximum atomic E-state index is 5.28. The third kappa shape index (κ3) is 4.27. The van der Waals surface area contributed by atoms with Gasteiger partial charge in [0, 0.05) is 0 Å². The van der Waals surface area contributed by atoms with Gasteiger partial charge in [0.15, 0.2) is 0 Å². The highest BCUT2D eigenvalue weighted by Gasteiger charge is 2.12. The van der Waals surface area contributed by atoms with E-state index in [0.717, 1.165) is 0 Å². The van der Waals surface area contributed by atoms with Crippen LogP contribution in [0, 0.1) is 5.41 Å². The second-order valence-corrected chi connectivity index (χ2v) is 3.98. The molecular weight excluding hydrogens is 154 g/mol. The molecule has 11 heavy (non-hydrogen) atoms. The fourth-order valence-electron chi connectivity index (χ4n) is 0.892. The molecule has 0 saturated carbocycles. The van der Waals surface area contributed by atoms with Crippen molar-refractivity contribution in [2.45, 2.75) is 27.7 Å². The molecule has 0 atom stereocenters. The summed E-state index contributed by atoms with van der Waals surface area (Å²) in [5.74, 6) is 0. The Bertz CT molecular complexity index is 163. The molecule has 2 heteroatoms. The molecule has 0 heterocycles. The normalized spacial score (nSPS) is 14.5. The molecule has 2 N–H and O–H groups in total. The van der Waals surface area contributed by atoms with Crippen LogP contribution in [-0.4, -0.2) is 0 Å². The zero-order valence-electron chi connectivity index (χ0n) is 7.72. The van der Waals surface area contributed by atoms with Crippen molar-refractivity contribution in [3.63, 3.8) is 0 Å². The third-order valence-electron chi connectivity index (χ3n) is 1.50. The van der Waals surface area contributed by atoms with Crippen molar-refractivity contribution in [1.82, 2.24) is 0 Å². The van der Waals surface area contributed by atoms with Crippen LogP contribution in [0.5, 0.6) is 0 Å². The summed E-state index contributed by atoms with van der Waals surface area (Å²) in [4.78, 5) is 0. The lowest BCUT2D eigenvalue weighted by atomic mass is 9.86. The van der Waals surface area contributed by atoms with Gasteiger partial charge in [-0.15, -0.1) is 0 Å². The van der Waals surface area contributed by atoms with Crippen molar-refractivity contribution in [3.05, 3.63) is 23.1 Å². The minimum absolute atomic E-state index is 0.223. The lowest BCUT2D eigenvalue weighted by Crippen LogP contribution is -2.06. The van der Waals surface area contributed by atoms with E-state index in [0.29, 0.717) is 0 Å².